The topological polar surface area (TPSA) is 88.8 Å². The number of benzene rings is 1. The van der Waals surface area contributed by atoms with Gasteiger partial charge in [0.15, 0.2) is 5.82 Å². The van der Waals surface area contributed by atoms with Crippen molar-refractivity contribution in [2.45, 2.75) is 38.1 Å². The Kier molecular flexibility index (Phi) is 5.27. The van der Waals surface area contributed by atoms with Gasteiger partial charge in [-0.05, 0) is 18.9 Å². The molecule has 0 amide bonds. The maximum absolute atomic E-state index is 12.4. The number of aromatic amines is 1. The van der Waals surface area contributed by atoms with Gasteiger partial charge in [0.1, 0.15) is 5.01 Å². The monoisotopic (exact) mass is 412 g/mol. The molecule has 0 spiro atoms. The Balaban J connectivity index is 1.50. The van der Waals surface area contributed by atoms with Gasteiger partial charge in [-0.25, -0.2) is 9.97 Å². The lowest BCUT2D eigenvalue weighted by atomic mass is 10.1. The number of hydrogen-bond donors (Lipinski definition) is 1. The Hall–Kier alpha value is -2.52. The maximum Gasteiger partial charge on any atom is 0.275 e. The van der Waals surface area contributed by atoms with E-state index in [1.807, 2.05) is 25.1 Å². The quantitative estimate of drug-likeness (QED) is 0.485. The molecule has 7 nitrogen and oxygen atoms in total. The lowest BCUT2D eigenvalue weighted by Crippen LogP contribution is -2.15. The fourth-order valence-corrected chi connectivity index (χ4v) is 4.59. The van der Waals surface area contributed by atoms with Crippen LogP contribution in [0.25, 0.3) is 16.3 Å². The SMILES string of the molecule is Cc1cccc(-c2nc(SCc3cc(=O)n4nc(CC(C)C)sc4n3)n[nH]2)c1. The van der Waals surface area contributed by atoms with Crippen molar-refractivity contribution >= 4 is 28.1 Å². The van der Waals surface area contributed by atoms with E-state index in [9.17, 15) is 4.79 Å². The van der Waals surface area contributed by atoms with Crippen molar-refractivity contribution in [3.63, 3.8) is 0 Å². The highest BCUT2D eigenvalue weighted by molar-refractivity contribution is 7.98. The van der Waals surface area contributed by atoms with Gasteiger partial charge in [0.05, 0.1) is 5.69 Å². The molecule has 4 rings (SSSR count). The second-order valence-corrected chi connectivity index (χ2v) is 8.98. The van der Waals surface area contributed by atoms with Crippen LogP contribution in [0.4, 0.5) is 0 Å². The average molecular weight is 413 g/mol. The molecule has 0 saturated heterocycles. The standard InChI is InChI=1S/C19H20N6OS2/c1-11(2)7-15-24-25-16(26)9-14(20-19(25)28-15)10-27-18-21-17(22-23-18)13-6-4-5-12(3)8-13/h4-6,8-9,11H,7,10H2,1-3H3,(H,21,22,23). The zero-order valence-corrected chi connectivity index (χ0v) is 17.5. The van der Waals surface area contributed by atoms with E-state index >= 15 is 0 Å². The number of nitrogens with zero attached hydrogens (tertiary/aromatic N) is 5. The van der Waals surface area contributed by atoms with E-state index in [4.69, 9.17) is 0 Å². The molecule has 0 aliphatic heterocycles. The summed E-state index contributed by atoms with van der Waals surface area (Å²) in [4.78, 5) is 22.1. The Bertz CT molecular complexity index is 1180. The Labute approximate surface area is 170 Å². The number of thioether (sulfide) groups is 1. The lowest BCUT2D eigenvalue weighted by molar-refractivity contribution is 0.635. The van der Waals surface area contributed by atoms with Crippen molar-refractivity contribution in [1.82, 2.24) is 29.8 Å². The van der Waals surface area contributed by atoms with Crippen LogP contribution in [0.3, 0.4) is 0 Å². The molecule has 3 heterocycles. The number of aromatic nitrogens is 6. The molecule has 0 aliphatic carbocycles. The van der Waals surface area contributed by atoms with Crippen LogP contribution >= 0.6 is 23.1 Å². The number of rotatable bonds is 6. The van der Waals surface area contributed by atoms with E-state index in [2.05, 4.69) is 45.2 Å². The van der Waals surface area contributed by atoms with Crippen molar-refractivity contribution in [2.75, 3.05) is 0 Å². The number of nitrogens with one attached hydrogen (secondary N) is 1. The molecular weight excluding hydrogens is 392 g/mol. The average Bonchev–Trinajstić information content (AvgIpc) is 3.26. The van der Waals surface area contributed by atoms with Crippen molar-refractivity contribution in [1.29, 1.82) is 0 Å². The van der Waals surface area contributed by atoms with Crippen LogP contribution in [0.5, 0.6) is 0 Å². The number of aryl methyl sites for hydroxylation is 1. The second-order valence-electron chi connectivity index (χ2n) is 7.00. The van der Waals surface area contributed by atoms with E-state index in [1.54, 1.807) is 0 Å². The van der Waals surface area contributed by atoms with Gasteiger partial charge in [-0.1, -0.05) is 60.7 Å². The Morgan fingerprint density at radius 1 is 1.25 bits per heavy atom. The minimum atomic E-state index is -0.151. The van der Waals surface area contributed by atoms with Crippen LogP contribution in [0, 0.1) is 12.8 Å². The molecule has 1 N–H and O–H groups in total. The molecular formula is C19H20N6OS2. The summed E-state index contributed by atoms with van der Waals surface area (Å²) in [5.74, 6) is 1.74. The first-order chi connectivity index (χ1) is 13.5. The predicted octanol–water partition coefficient (Wildman–Crippen LogP) is 3.74. The summed E-state index contributed by atoms with van der Waals surface area (Å²) in [7, 11) is 0. The number of hydrogen-bond acceptors (Lipinski definition) is 7. The molecule has 0 fully saturated rings. The number of H-pyrrole nitrogens is 1. The van der Waals surface area contributed by atoms with Crippen molar-refractivity contribution in [3.8, 4) is 11.4 Å². The summed E-state index contributed by atoms with van der Waals surface area (Å²) in [6.45, 7) is 6.31. The molecule has 9 heteroatoms. The molecule has 28 heavy (non-hydrogen) atoms. The highest BCUT2D eigenvalue weighted by atomic mass is 32.2. The zero-order chi connectivity index (χ0) is 19.7. The summed E-state index contributed by atoms with van der Waals surface area (Å²) in [5.41, 5.74) is 2.72. The van der Waals surface area contributed by atoms with Gasteiger partial charge in [-0.2, -0.15) is 9.61 Å². The summed E-state index contributed by atoms with van der Waals surface area (Å²) < 4.78 is 1.39. The first-order valence-corrected chi connectivity index (χ1v) is 10.8. The third-order valence-corrected chi connectivity index (χ3v) is 5.84. The fraction of sp³-hybridized carbons (Fsp3) is 0.316. The van der Waals surface area contributed by atoms with Crippen LogP contribution in [0.2, 0.25) is 0 Å². The third kappa shape index (κ3) is 4.15. The predicted molar refractivity (Wildman–Crippen MR) is 112 cm³/mol. The van der Waals surface area contributed by atoms with Gasteiger partial charge in [-0.3, -0.25) is 9.89 Å². The van der Waals surface area contributed by atoms with E-state index < -0.39 is 0 Å². The summed E-state index contributed by atoms with van der Waals surface area (Å²) in [5, 5.41) is 13.2. The molecule has 0 atom stereocenters. The second kappa shape index (κ2) is 7.84. The van der Waals surface area contributed by atoms with E-state index in [-0.39, 0.29) is 5.56 Å². The van der Waals surface area contributed by atoms with Crippen molar-refractivity contribution < 1.29 is 0 Å². The minimum Gasteiger partial charge on any atom is -0.267 e. The smallest absolute Gasteiger partial charge is 0.267 e. The highest BCUT2D eigenvalue weighted by Gasteiger charge is 2.12. The first kappa shape index (κ1) is 18.8. The van der Waals surface area contributed by atoms with Crippen LogP contribution < -0.4 is 5.56 Å². The van der Waals surface area contributed by atoms with Crippen molar-refractivity contribution in [3.05, 3.63) is 57.0 Å². The van der Waals surface area contributed by atoms with Gasteiger partial charge in [0.2, 0.25) is 10.1 Å². The van der Waals surface area contributed by atoms with Gasteiger partial charge in [0, 0.05) is 23.8 Å². The van der Waals surface area contributed by atoms with Crippen LogP contribution in [0.15, 0.2) is 40.3 Å². The van der Waals surface area contributed by atoms with E-state index in [0.717, 1.165) is 22.8 Å². The van der Waals surface area contributed by atoms with Gasteiger partial charge in [0.25, 0.3) is 5.56 Å². The molecule has 144 valence electrons. The van der Waals surface area contributed by atoms with Gasteiger partial charge in [-0.15, -0.1) is 5.10 Å². The van der Waals surface area contributed by atoms with Gasteiger partial charge < -0.3 is 0 Å². The maximum atomic E-state index is 12.4. The summed E-state index contributed by atoms with van der Waals surface area (Å²) in [6, 6.07) is 9.63. The van der Waals surface area contributed by atoms with Crippen molar-refractivity contribution in [2.24, 2.45) is 5.92 Å². The normalized spacial score (nSPS) is 11.6. The molecule has 0 aliphatic rings. The van der Waals surface area contributed by atoms with Gasteiger partial charge >= 0.3 is 0 Å². The number of fused-ring (bicyclic) bond motifs is 1. The fourth-order valence-electron chi connectivity index (χ4n) is 2.77. The molecule has 0 saturated carbocycles. The molecule has 0 unspecified atom stereocenters. The largest absolute Gasteiger partial charge is 0.275 e. The molecule has 0 bridgehead atoms. The molecule has 3 aromatic heterocycles. The zero-order valence-electron chi connectivity index (χ0n) is 15.8. The molecule has 0 radical (unpaired) electrons. The van der Waals surface area contributed by atoms with Crippen LogP contribution in [0.1, 0.15) is 30.1 Å². The molecule has 4 aromatic rings. The Morgan fingerprint density at radius 2 is 2.11 bits per heavy atom. The summed E-state index contributed by atoms with van der Waals surface area (Å²) >= 11 is 2.92. The lowest BCUT2D eigenvalue weighted by Gasteiger charge is -1.98. The van der Waals surface area contributed by atoms with Crippen LogP contribution in [-0.2, 0) is 12.2 Å². The van der Waals surface area contributed by atoms with Crippen LogP contribution in [-0.4, -0.2) is 29.8 Å². The van der Waals surface area contributed by atoms with E-state index in [1.165, 1.54) is 39.2 Å². The molecule has 1 aromatic carbocycles. The summed E-state index contributed by atoms with van der Waals surface area (Å²) in [6.07, 6.45) is 0.844. The Morgan fingerprint density at radius 3 is 2.89 bits per heavy atom. The first-order valence-electron chi connectivity index (χ1n) is 8.99. The third-order valence-electron chi connectivity index (χ3n) is 4.03. The van der Waals surface area contributed by atoms with E-state index in [0.29, 0.717) is 27.5 Å². The highest BCUT2D eigenvalue weighted by Crippen LogP contribution is 2.23. The minimum absolute atomic E-state index is 0.151.